The Morgan fingerprint density at radius 3 is 2.60 bits per heavy atom. The smallest absolute Gasteiger partial charge is 0.217 e. The van der Waals surface area contributed by atoms with Crippen molar-refractivity contribution in [3.05, 3.63) is 11.6 Å². The molecule has 0 aromatic carbocycles. The van der Waals surface area contributed by atoms with Crippen LogP contribution in [-0.2, 0) is 14.4 Å². The zero-order valence-corrected chi connectivity index (χ0v) is 15.6. The van der Waals surface area contributed by atoms with Crippen LogP contribution in [0.5, 0.6) is 0 Å². The normalized spacial score (nSPS) is 46.0. The minimum Gasteiger partial charge on any atom is -0.346 e. The first-order valence-corrected chi connectivity index (χ1v) is 9.79. The summed E-state index contributed by atoms with van der Waals surface area (Å²) in [6.45, 7) is 6.08. The fourth-order valence-corrected chi connectivity index (χ4v) is 6.80. The number of carbonyl (C=O) groups excluding carboxylic acids is 3. The summed E-state index contributed by atoms with van der Waals surface area (Å²) in [6, 6.07) is -0.311. The molecule has 4 nitrogen and oxygen atoms in total. The van der Waals surface area contributed by atoms with E-state index in [4.69, 9.17) is 0 Å². The van der Waals surface area contributed by atoms with Crippen LogP contribution in [0.2, 0.25) is 0 Å². The third kappa shape index (κ3) is 2.36. The number of nitrogens with one attached hydrogen (secondary N) is 1. The van der Waals surface area contributed by atoms with Crippen LogP contribution < -0.4 is 5.32 Å². The van der Waals surface area contributed by atoms with Crippen molar-refractivity contribution >= 4 is 17.5 Å². The lowest BCUT2D eigenvalue weighted by Gasteiger charge is -2.57. The maximum Gasteiger partial charge on any atom is 0.217 e. The molecule has 0 heterocycles. The SMILES string of the molecule is CC(=O)N[C@H]1C(=O)C[C@H]2[C@@H]3CCC4=CC(=O)CC[C@]4(C)[C@H]3CC[C@]12C. The topological polar surface area (TPSA) is 63.2 Å². The van der Waals surface area contributed by atoms with E-state index in [9.17, 15) is 14.4 Å². The molecule has 1 N–H and O–H groups in total. The Morgan fingerprint density at radius 2 is 1.88 bits per heavy atom. The number of Topliss-reactive ketones (excluding diaryl/α,β-unsaturated/α-hetero) is 1. The third-order valence-electron chi connectivity index (χ3n) is 8.15. The number of ketones is 2. The Kier molecular flexibility index (Phi) is 3.75. The highest BCUT2D eigenvalue weighted by Gasteiger charge is 2.61. The molecule has 6 atom stereocenters. The lowest BCUT2D eigenvalue weighted by Crippen LogP contribution is -2.54. The second kappa shape index (κ2) is 5.52. The Labute approximate surface area is 149 Å². The van der Waals surface area contributed by atoms with Gasteiger partial charge in [-0.15, -0.1) is 0 Å². The summed E-state index contributed by atoms with van der Waals surface area (Å²) < 4.78 is 0. The molecule has 4 aliphatic rings. The minimum absolute atomic E-state index is 0.103. The van der Waals surface area contributed by atoms with Crippen molar-refractivity contribution in [3.63, 3.8) is 0 Å². The minimum atomic E-state index is -0.311. The first kappa shape index (κ1) is 17.0. The first-order valence-electron chi connectivity index (χ1n) is 9.79. The number of hydrogen-bond donors (Lipinski definition) is 1. The van der Waals surface area contributed by atoms with Crippen LogP contribution in [-0.4, -0.2) is 23.5 Å². The number of rotatable bonds is 1. The molecule has 1 amide bonds. The molecule has 3 saturated carbocycles. The molecule has 136 valence electrons. The third-order valence-corrected chi connectivity index (χ3v) is 8.15. The summed E-state index contributed by atoms with van der Waals surface area (Å²) in [5, 5.41) is 2.95. The monoisotopic (exact) mass is 343 g/mol. The zero-order chi connectivity index (χ0) is 18.0. The summed E-state index contributed by atoms with van der Waals surface area (Å²) in [5.74, 6) is 1.88. The molecule has 0 bridgehead atoms. The quantitative estimate of drug-likeness (QED) is 0.795. The summed E-state index contributed by atoms with van der Waals surface area (Å²) in [4.78, 5) is 36.2. The van der Waals surface area contributed by atoms with Crippen molar-refractivity contribution in [1.82, 2.24) is 5.32 Å². The average Bonchev–Trinajstić information content (AvgIpc) is 2.79. The molecule has 3 fully saturated rings. The fraction of sp³-hybridized carbons (Fsp3) is 0.762. The molecule has 0 spiro atoms. The van der Waals surface area contributed by atoms with Gasteiger partial charge in [-0.1, -0.05) is 19.4 Å². The number of fused-ring (bicyclic) bond motifs is 5. The molecule has 4 heteroatoms. The molecule has 0 unspecified atom stereocenters. The van der Waals surface area contributed by atoms with Gasteiger partial charge in [0.2, 0.25) is 5.91 Å². The van der Waals surface area contributed by atoms with Crippen LogP contribution in [0.1, 0.15) is 65.7 Å². The van der Waals surface area contributed by atoms with Gasteiger partial charge in [-0.25, -0.2) is 0 Å². The van der Waals surface area contributed by atoms with Gasteiger partial charge in [0.15, 0.2) is 11.6 Å². The molecule has 0 radical (unpaired) electrons. The highest BCUT2D eigenvalue weighted by atomic mass is 16.2. The lowest BCUT2D eigenvalue weighted by atomic mass is 9.47. The Balaban J connectivity index is 1.66. The lowest BCUT2D eigenvalue weighted by molar-refractivity contribution is -0.127. The van der Waals surface area contributed by atoms with Crippen LogP contribution >= 0.6 is 0 Å². The predicted octanol–water partition coefficient (Wildman–Crippen LogP) is 3.20. The second-order valence-electron chi connectivity index (χ2n) is 9.32. The molecular weight excluding hydrogens is 314 g/mol. The van der Waals surface area contributed by atoms with Crippen LogP contribution in [0, 0.1) is 28.6 Å². The van der Waals surface area contributed by atoms with Gasteiger partial charge >= 0.3 is 0 Å². The Bertz CT molecular complexity index is 681. The van der Waals surface area contributed by atoms with Gasteiger partial charge in [0, 0.05) is 19.8 Å². The van der Waals surface area contributed by atoms with Gasteiger partial charge in [-0.3, -0.25) is 14.4 Å². The average molecular weight is 343 g/mol. The van der Waals surface area contributed by atoms with E-state index >= 15 is 0 Å². The molecular formula is C21H29NO3. The van der Waals surface area contributed by atoms with Crippen LogP contribution in [0.25, 0.3) is 0 Å². The maximum absolute atomic E-state index is 12.7. The first-order chi connectivity index (χ1) is 11.8. The van der Waals surface area contributed by atoms with Crippen molar-refractivity contribution in [1.29, 1.82) is 0 Å². The van der Waals surface area contributed by atoms with E-state index in [1.54, 1.807) is 0 Å². The van der Waals surface area contributed by atoms with Gasteiger partial charge in [-0.2, -0.15) is 0 Å². The van der Waals surface area contributed by atoms with Gasteiger partial charge in [-0.05, 0) is 66.8 Å². The predicted molar refractivity (Wildman–Crippen MR) is 94.7 cm³/mol. The van der Waals surface area contributed by atoms with E-state index < -0.39 is 0 Å². The molecule has 4 aliphatic carbocycles. The van der Waals surface area contributed by atoms with Crippen LogP contribution in [0.4, 0.5) is 0 Å². The largest absolute Gasteiger partial charge is 0.346 e. The Hall–Kier alpha value is -1.45. The van der Waals surface area contributed by atoms with E-state index in [0.717, 1.165) is 32.1 Å². The van der Waals surface area contributed by atoms with E-state index in [1.165, 1.54) is 12.5 Å². The van der Waals surface area contributed by atoms with E-state index in [1.807, 2.05) is 6.08 Å². The zero-order valence-electron chi connectivity index (χ0n) is 15.6. The molecule has 25 heavy (non-hydrogen) atoms. The number of hydrogen-bond acceptors (Lipinski definition) is 3. The Morgan fingerprint density at radius 1 is 1.12 bits per heavy atom. The fourth-order valence-electron chi connectivity index (χ4n) is 6.80. The summed E-state index contributed by atoms with van der Waals surface area (Å²) in [5.41, 5.74) is 1.38. The van der Waals surface area contributed by atoms with Gasteiger partial charge in [0.25, 0.3) is 0 Å². The van der Waals surface area contributed by atoms with Gasteiger partial charge in [0.1, 0.15) is 0 Å². The maximum atomic E-state index is 12.7. The van der Waals surface area contributed by atoms with Gasteiger partial charge in [0.05, 0.1) is 6.04 Å². The number of amides is 1. The van der Waals surface area contributed by atoms with E-state index in [-0.39, 0.29) is 34.3 Å². The van der Waals surface area contributed by atoms with Crippen molar-refractivity contribution in [2.45, 2.75) is 71.8 Å². The van der Waals surface area contributed by atoms with E-state index in [2.05, 4.69) is 19.2 Å². The molecule has 0 aromatic heterocycles. The highest BCUT2D eigenvalue weighted by molar-refractivity contribution is 5.92. The summed E-state index contributed by atoms with van der Waals surface area (Å²) in [6.07, 6.45) is 8.33. The van der Waals surface area contributed by atoms with Crippen LogP contribution in [0.15, 0.2) is 11.6 Å². The summed E-state index contributed by atoms with van der Waals surface area (Å²) in [7, 11) is 0. The van der Waals surface area contributed by atoms with Crippen molar-refractivity contribution in [2.24, 2.45) is 28.6 Å². The molecule has 0 aliphatic heterocycles. The van der Waals surface area contributed by atoms with E-state index in [0.29, 0.717) is 30.6 Å². The van der Waals surface area contributed by atoms with Crippen molar-refractivity contribution in [2.75, 3.05) is 0 Å². The second-order valence-corrected chi connectivity index (χ2v) is 9.32. The molecule has 4 rings (SSSR count). The van der Waals surface area contributed by atoms with Crippen LogP contribution in [0.3, 0.4) is 0 Å². The standard InChI is InChI=1S/C21H29NO3/c1-12(23)22-19-18(25)11-17-15-5-4-13-10-14(24)6-8-20(13,2)16(15)7-9-21(17,19)3/h10,15-17,19H,4-9,11H2,1-3H3,(H,22,23)/t15-,16+,17+,19+,20+,21+/m1/s1. The molecule has 0 saturated heterocycles. The summed E-state index contributed by atoms with van der Waals surface area (Å²) >= 11 is 0. The van der Waals surface area contributed by atoms with Crippen molar-refractivity contribution in [3.8, 4) is 0 Å². The highest BCUT2D eigenvalue weighted by Crippen LogP contribution is 2.64. The van der Waals surface area contributed by atoms with Crippen molar-refractivity contribution < 1.29 is 14.4 Å². The number of allylic oxidation sites excluding steroid dienone is 1. The molecule has 0 aromatic rings. The number of carbonyl (C=O) groups is 3. The van der Waals surface area contributed by atoms with Gasteiger partial charge < -0.3 is 5.32 Å².